The van der Waals surface area contributed by atoms with Gasteiger partial charge in [0.25, 0.3) is 0 Å². The minimum atomic E-state index is -0.0261. The minimum absolute atomic E-state index is 0.0261. The van der Waals surface area contributed by atoms with E-state index in [0.717, 1.165) is 17.0 Å². The molecule has 0 aliphatic carbocycles. The van der Waals surface area contributed by atoms with Gasteiger partial charge in [-0.15, -0.1) is 0 Å². The van der Waals surface area contributed by atoms with Crippen molar-refractivity contribution in [2.24, 2.45) is 5.73 Å². The number of amides is 1. The molecule has 0 spiro atoms. The van der Waals surface area contributed by atoms with E-state index in [2.05, 4.69) is 5.32 Å². The second kappa shape index (κ2) is 7.35. The standard InChI is InChI=1S/C15H18N2O3/c16-8-10-20-14-4-2-13(3-5-14)17-15(18)6-1-12-7-9-19-11-12/h2-5,7,9,11H,1,6,8,10,16H2,(H,17,18). The number of carbonyl (C=O) groups is 1. The van der Waals surface area contributed by atoms with Crippen molar-refractivity contribution in [2.45, 2.75) is 12.8 Å². The summed E-state index contributed by atoms with van der Waals surface area (Å²) in [5.74, 6) is 0.716. The molecule has 0 radical (unpaired) electrons. The highest BCUT2D eigenvalue weighted by Crippen LogP contribution is 2.16. The molecular formula is C15H18N2O3. The van der Waals surface area contributed by atoms with Crippen LogP contribution in [0.25, 0.3) is 0 Å². The maximum absolute atomic E-state index is 11.8. The van der Waals surface area contributed by atoms with Crippen LogP contribution in [0, 0.1) is 0 Å². The summed E-state index contributed by atoms with van der Waals surface area (Å²) in [7, 11) is 0. The van der Waals surface area contributed by atoms with Gasteiger partial charge in [0.05, 0.1) is 12.5 Å². The number of aryl methyl sites for hydroxylation is 1. The van der Waals surface area contributed by atoms with Crippen LogP contribution in [0.2, 0.25) is 0 Å². The molecule has 20 heavy (non-hydrogen) atoms. The Balaban J connectivity index is 1.78. The first-order valence-corrected chi connectivity index (χ1v) is 6.52. The number of furan rings is 1. The molecular weight excluding hydrogens is 256 g/mol. The molecule has 0 saturated carbocycles. The van der Waals surface area contributed by atoms with Crippen molar-refractivity contribution < 1.29 is 13.9 Å². The topological polar surface area (TPSA) is 77.5 Å². The Bertz CT molecular complexity index is 521. The van der Waals surface area contributed by atoms with Crippen molar-refractivity contribution in [3.05, 3.63) is 48.4 Å². The van der Waals surface area contributed by atoms with Gasteiger partial charge in [0.15, 0.2) is 0 Å². The lowest BCUT2D eigenvalue weighted by Gasteiger charge is -2.07. The summed E-state index contributed by atoms with van der Waals surface area (Å²) in [6, 6.07) is 9.09. The Morgan fingerprint density at radius 2 is 2.05 bits per heavy atom. The van der Waals surface area contributed by atoms with E-state index in [-0.39, 0.29) is 5.91 Å². The Kier molecular flexibility index (Phi) is 5.20. The Morgan fingerprint density at radius 1 is 1.25 bits per heavy atom. The summed E-state index contributed by atoms with van der Waals surface area (Å²) >= 11 is 0. The highest BCUT2D eigenvalue weighted by molar-refractivity contribution is 5.90. The zero-order valence-corrected chi connectivity index (χ0v) is 11.2. The fourth-order valence-corrected chi connectivity index (χ4v) is 1.73. The number of ether oxygens (including phenoxy) is 1. The van der Waals surface area contributed by atoms with Crippen LogP contribution in [0.3, 0.4) is 0 Å². The second-order valence-corrected chi connectivity index (χ2v) is 4.34. The van der Waals surface area contributed by atoms with Gasteiger partial charge in [-0.1, -0.05) is 0 Å². The minimum Gasteiger partial charge on any atom is -0.492 e. The predicted molar refractivity (Wildman–Crippen MR) is 76.7 cm³/mol. The van der Waals surface area contributed by atoms with Gasteiger partial charge in [-0.3, -0.25) is 4.79 Å². The molecule has 0 aliphatic heterocycles. The molecule has 0 saturated heterocycles. The van der Waals surface area contributed by atoms with Crippen molar-refractivity contribution in [2.75, 3.05) is 18.5 Å². The van der Waals surface area contributed by atoms with E-state index in [4.69, 9.17) is 14.9 Å². The normalized spacial score (nSPS) is 10.2. The Morgan fingerprint density at radius 3 is 2.70 bits per heavy atom. The van der Waals surface area contributed by atoms with E-state index in [0.29, 0.717) is 26.0 Å². The lowest BCUT2D eigenvalue weighted by molar-refractivity contribution is -0.116. The molecule has 1 heterocycles. The molecule has 106 valence electrons. The summed E-state index contributed by atoms with van der Waals surface area (Å²) in [6.45, 7) is 0.961. The van der Waals surface area contributed by atoms with Gasteiger partial charge < -0.3 is 20.2 Å². The average Bonchev–Trinajstić information content (AvgIpc) is 2.98. The first-order chi connectivity index (χ1) is 9.78. The monoisotopic (exact) mass is 274 g/mol. The molecule has 0 aliphatic rings. The molecule has 5 nitrogen and oxygen atoms in total. The molecule has 1 aromatic carbocycles. The Labute approximate surface area is 117 Å². The van der Waals surface area contributed by atoms with Gasteiger partial charge in [-0.2, -0.15) is 0 Å². The fourth-order valence-electron chi connectivity index (χ4n) is 1.73. The van der Waals surface area contributed by atoms with Crippen LogP contribution < -0.4 is 15.8 Å². The van der Waals surface area contributed by atoms with Crippen molar-refractivity contribution in [1.82, 2.24) is 0 Å². The first-order valence-electron chi connectivity index (χ1n) is 6.52. The summed E-state index contributed by atoms with van der Waals surface area (Å²) in [4.78, 5) is 11.8. The smallest absolute Gasteiger partial charge is 0.224 e. The third-order valence-electron chi connectivity index (χ3n) is 2.75. The van der Waals surface area contributed by atoms with Crippen LogP contribution in [0.4, 0.5) is 5.69 Å². The molecule has 5 heteroatoms. The van der Waals surface area contributed by atoms with Crippen molar-refractivity contribution in [1.29, 1.82) is 0 Å². The number of hydrogen-bond donors (Lipinski definition) is 2. The third-order valence-corrected chi connectivity index (χ3v) is 2.75. The number of nitrogens with one attached hydrogen (secondary N) is 1. The lowest BCUT2D eigenvalue weighted by atomic mass is 10.2. The van der Waals surface area contributed by atoms with Crippen LogP contribution in [-0.2, 0) is 11.2 Å². The number of nitrogens with two attached hydrogens (primary N) is 1. The van der Waals surface area contributed by atoms with E-state index in [9.17, 15) is 4.79 Å². The zero-order valence-electron chi connectivity index (χ0n) is 11.2. The van der Waals surface area contributed by atoms with Gasteiger partial charge in [0.2, 0.25) is 5.91 Å². The van der Waals surface area contributed by atoms with E-state index in [1.54, 1.807) is 24.7 Å². The molecule has 0 bridgehead atoms. The average molecular weight is 274 g/mol. The fraction of sp³-hybridized carbons (Fsp3) is 0.267. The SMILES string of the molecule is NCCOc1ccc(NC(=O)CCc2ccoc2)cc1. The summed E-state index contributed by atoms with van der Waals surface area (Å²) in [5, 5.41) is 2.84. The van der Waals surface area contributed by atoms with E-state index >= 15 is 0 Å². The maximum atomic E-state index is 11.8. The predicted octanol–water partition coefficient (Wildman–Crippen LogP) is 2.19. The summed E-state index contributed by atoms with van der Waals surface area (Å²) in [6.07, 6.45) is 4.34. The van der Waals surface area contributed by atoms with E-state index < -0.39 is 0 Å². The summed E-state index contributed by atoms with van der Waals surface area (Å²) in [5.41, 5.74) is 7.13. The first kappa shape index (κ1) is 14.1. The van der Waals surface area contributed by atoms with Gasteiger partial charge in [0, 0.05) is 18.7 Å². The van der Waals surface area contributed by atoms with Gasteiger partial charge >= 0.3 is 0 Å². The number of carbonyl (C=O) groups excluding carboxylic acids is 1. The number of rotatable bonds is 7. The lowest BCUT2D eigenvalue weighted by Crippen LogP contribution is -2.12. The van der Waals surface area contributed by atoms with Crippen LogP contribution in [0.15, 0.2) is 47.3 Å². The highest BCUT2D eigenvalue weighted by Gasteiger charge is 2.04. The molecule has 2 rings (SSSR count). The maximum Gasteiger partial charge on any atom is 0.224 e. The van der Waals surface area contributed by atoms with Crippen LogP contribution >= 0.6 is 0 Å². The van der Waals surface area contributed by atoms with Crippen molar-refractivity contribution in [3.63, 3.8) is 0 Å². The van der Waals surface area contributed by atoms with Crippen LogP contribution in [0.1, 0.15) is 12.0 Å². The Hall–Kier alpha value is -2.27. The molecule has 3 N–H and O–H groups in total. The van der Waals surface area contributed by atoms with Crippen LogP contribution in [-0.4, -0.2) is 19.1 Å². The quantitative estimate of drug-likeness (QED) is 0.811. The van der Waals surface area contributed by atoms with E-state index in [1.807, 2.05) is 18.2 Å². The molecule has 0 fully saturated rings. The molecule has 1 aromatic heterocycles. The van der Waals surface area contributed by atoms with Crippen molar-refractivity contribution in [3.8, 4) is 5.75 Å². The van der Waals surface area contributed by atoms with Gasteiger partial charge in [-0.05, 0) is 42.3 Å². The third kappa shape index (κ3) is 4.44. The molecule has 0 unspecified atom stereocenters. The molecule has 0 atom stereocenters. The highest BCUT2D eigenvalue weighted by atomic mass is 16.5. The van der Waals surface area contributed by atoms with Crippen LogP contribution in [0.5, 0.6) is 5.75 Å². The van der Waals surface area contributed by atoms with Gasteiger partial charge in [0.1, 0.15) is 12.4 Å². The number of benzene rings is 1. The molecule has 2 aromatic rings. The van der Waals surface area contributed by atoms with Crippen molar-refractivity contribution >= 4 is 11.6 Å². The largest absolute Gasteiger partial charge is 0.492 e. The zero-order chi connectivity index (χ0) is 14.2. The molecule has 1 amide bonds. The number of hydrogen-bond acceptors (Lipinski definition) is 4. The van der Waals surface area contributed by atoms with E-state index in [1.165, 1.54) is 0 Å². The second-order valence-electron chi connectivity index (χ2n) is 4.34. The van der Waals surface area contributed by atoms with Gasteiger partial charge in [-0.25, -0.2) is 0 Å². The summed E-state index contributed by atoms with van der Waals surface area (Å²) < 4.78 is 10.3. The number of anilines is 1.